The predicted molar refractivity (Wildman–Crippen MR) is 77.0 cm³/mol. The SMILES string of the molecule is CCC(C)NC(=O)CCCNC(=O)[C@H](O)C(C)(C)CO. The molecule has 0 bridgehead atoms. The van der Waals surface area contributed by atoms with Gasteiger partial charge >= 0.3 is 0 Å². The van der Waals surface area contributed by atoms with Crippen molar-refractivity contribution in [2.45, 2.75) is 59.1 Å². The number of carbonyl (C=O) groups excluding carboxylic acids is 2. The Morgan fingerprint density at radius 3 is 2.40 bits per heavy atom. The highest BCUT2D eigenvalue weighted by Gasteiger charge is 2.32. The topological polar surface area (TPSA) is 98.7 Å². The lowest BCUT2D eigenvalue weighted by Gasteiger charge is -2.27. The number of aliphatic hydroxyl groups is 2. The summed E-state index contributed by atoms with van der Waals surface area (Å²) in [4.78, 5) is 23.1. The maximum Gasteiger partial charge on any atom is 0.249 e. The van der Waals surface area contributed by atoms with Gasteiger partial charge in [-0.1, -0.05) is 20.8 Å². The molecule has 0 aromatic rings. The van der Waals surface area contributed by atoms with E-state index >= 15 is 0 Å². The maximum absolute atomic E-state index is 11.6. The van der Waals surface area contributed by atoms with Gasteiger partial charge in [0.2, 0.25) is 11.8 Å². The largest absolute Gasteiger partial charge is 0.396 e. The number of amides is 2. The van der Waals surface area contributed by atoms with Crippen molar-refractivity contribution >= 4 is 11.8 Å². The molecule has 0 fully saturated rings. The molecule has 0 aliphatic carbocycles. The predicted octanol–water partition coefficient (Wildman–Crippen LogP) is 0.177. The van der Waals surface area contributed by atoms with Gasteiger partial charge in [0.1, 0.15) is 6.10 Å². The molecule has 0 saturated carbocycles. The minimum atomic E-state index is -1.26. The van der Waals surface area contributed by atoms with Gasteiger partial charge < -0.3 is 20.8 Å². The van der Waals surface area contributed by atoms with Gasteiger partial charge in [-0.25, -0.2) is 0 Å². The average molecular weight is 288 g/mol. The summed E-state index contributed by atoms with van der Waals surface area (Å²) < 4.78 is 0. The van der Waals surface area contributed by atoms with E-state index in [0.29, 0.717) is 19.4 Å². The Labute approximate surface area is 120 Å². The second kappa shape index (κ2) is 8.92. The van der Waals surface area contributed by atoms with E-state index in [4.69, 9.17) is 5.11 Å². The van der Waals surface area contributed by atoms with Crippen molar-refractivity contribution in [3.05, 3.63) is 0 Å². The third-order valence-electron chi connectivity index (χ3n) is 3.30. The quantitative estimate of drug-likeness (QED) is 0.455. The molecule has 4 N–H and O–H groups in total. The molecule has 20 heavy (non-hydrogen) atoms. The standard InChI is InChI=1S/C14H28N2O4/c1-5-10(2)16-11(18)7-6-8-15-13(20)12(19)14(3,4)9-17/h10,12,17,19H,5-9H2,1-4H3,(H,15,20)(H,16,18)/t10?,12-/m0/s1. The molecule has 0 radical (unpaired) electrons. The average Bonchev–Trinajstić information content (AvgIpc) is 2.42. The molecule has 118 valence electrons. The van der Waals surface area contributed by atoms with Crippen molar-refractivity contribution in [3.63, 3.8) is 0 Å². The van der Waals surface area contributed by atoms with Gasteiger partial charge in [0, 0.05) is 24.4 Å². The minimum absolute atomic E-state index is 0.0372. The second-order valence-corrected chi connectivity index (χ2v) is 5.82. The Morgan fingerprint density at radius 2 is 1.90 bits per heavy atom. The summed E-state index contributed by atoms with van der Waals surface area (Å²) in [5.74, 6) is -0.559. The van der Waals surface area contributed by atoms with E-state index < -0.39 is 17.4 Å². The van der Waals surface area contributed by atoms with Crippen molar-refractivity contribution in [1.82, 2.24) is 10.6 Å². The van der Waals surface area contributed by atoms with Crippen molar-refractivity contribution in [3.8, 4) is 0 Å². The van der Waals surface area contributed by atoms with Crippen LogP contribution in [0.1, 0.15) is 47.0 Å². The summed E-state index contributed by atoms with van der Waals surface area (Å²) in [7, 11) is 0. The molecular weight excluding hydrogens is 260 g/mol. The Kier molecular flexibility index (Phi) is 8.41. The normalized spacial score (nSPS) is 14.5. The van der Waals surface area contributed by atoms with E-state index in [-0.39, 0.29) is 18.6 Å². The molecule has 0 aliphatic rings. The summed E-state index contributed by atoms with van der Waals surface area (Å²) >= 11 is 0. The molecule has 0 saturated heterocycles. The van der Waals surface area contributed by atoms with E-state index in [1.165, 1.54) is 0 Å². The van der Waals surface area contributed by atoms with Crippen LogP contribution in [0.5, 0.6) is 0 Å². The summed E-state index contributed by atoms with van der Waals surface area (Å²) in [6, 6.07) is 0.157. The van der Waals surface area contributed by atoms with Gasteiger partial charge in [-0.3, -0.25) is 9.59 Å². The number of carbonyl (C=O) groups is 2. The van der Waals surface area contributed by atoms with Gasteiger partial charge in [0.25, 0.3) is 0 Å². The van der Waals surface area contributed by atoms with Crippen LogP contribution in [0.3, 0.4) is 0 Å². The first-order valence-corrected chi connectivity index (χ1v) is 7.10. The molecular formula is C14H28N2O4. The third kappa shape index (κ3) is 6.86. The minimum Gasteiger partial charge on any atom is -0.396 e. The first kappa shape index (κ1) is 18.9. The lowest BCUT2D eigenvalue weighted by atomic mass is 9.87. The first-order valence-electron chi connectivity index (χ1n) is 7.10. The smallest absolute Gasteiger partial charge is 0.249 e. The van der Waals surface area contributed by atoms with Crippen LogP contribution in [-0.2, 0) is 9.59 Å². The van der Waals surface area contributed by atoms with Crippen LogP contribution in [0.15, 0.2) is 0 Å². The fourth-order valence-corrected chi connectivity index (χ4v) is 1.45. The molecule has 2 atom stereocenters. The summed E-state index contributed by atoms with van der Waals surface area (Å²) in [5, 5.41) is 24.2. The number of rotatable bonds is 9. The maximum atomic E-state index is 11.6. The highest BCUT2D eigenvalue weighted by molar-refractivity contribution is 5.81. The lowest BCUT2D eigenvalue weighted by molar-refractivity contribution is -0.137. The highest BCUT2D eigenvalue weighted by atomic mass is 16.3. The third-order valence-corrected chi connectivity index (χ3v) is 3.30. The molecule has 2 amide bonds. The zero-order chi connectivity index (χ0) is 15.8. The van der Waals surface area contributed by atoms with Crippen molar-refractivity contribution in [2.75, 3.05) is 13.2 Å². The summed E-state index contributed by atoms with van der Waals surface area (Å²) in [5.41, 5.74) is -0.877. The van der Waals surface area contributed by atoms with E-state index in [9.17, 15) is 14.7 Å². The molecule has 0 spiro atoms. The fourth-order valence-electron chi connectivity index (χ4n) is 1.45. The Morgan fingerprint density at radius 1 is 1.30 bits per heavy atom. The zero-order valence-electron chi connectivity index (χ0n) is 12.9. The molecule has 0 aromatic carbocycles. The van der Waals surface area contributed by atoms with Crippen LogP contribution in [0.25, 0.3) is 0 Å². The number of hydrogen-bond donors (Lipinski definition) is 4. The number of hydrogen-bond acceptors (Lipinski definition) is 4. The van der Waals surface area contributed by atoms with Crippen LogP contribution in [0.4, 0.5) is 0 Å². The fraction of sp³-hybridized carbons (Fsp3) is 0.857. The van der Waals surface area contributed by atoms with Crippen LogP contribution in [0, 0.1) is 5.41 Å². The van der Waals surface area contributed by atoms with Gasteiger partial charge in [-0.15, -0.1) is 0 Å². The van der Waals surface area contributed by atoms with E-state index in [1.807, 2.05) is 13.8 Å². The summed E-state index contributed by atoms with van der Waals surface area (Å²) in [6.07, 6.45) is 0.469. The van der Waals surface area contributed by atoms with Gasteiger partial charge in [-0.05, 0) is 19.8 Å². The number of nitrogens with one attached hydrogen (secondary N) is 2. The molecule has 1 unspecified atom stereocenters. The van der Waals surface area contributed by atoms with E-state index in [0.717, 1.165) is 6.42 Å². The van der Waals surface area contributed by atoms with Crippen molar-refractivity contribution < 1.29 is 19.8 Å². The van der Waals surface area contributed by atoms with Gasteiger partial charge in [0.05, 0.1) is 6.61 Å². The summed E-state index contributed by atoms with van der Waals surface area (Å²) in [6.45, 7) is 7.19. The Bertz CT molecular complexity index is 318. The van der Waals surface area contributed by atoms with Gasteiger partial charge in [0.15, 0.2) is 0 Å². The van der Waals surface area contributed by atoms with Crippen LogP contribution in [0.2, 0.25) is 0 Å². The molecule has 0 heterocycles. The number of aliphatic hydroxyl groups excluding tert-OH is 2. The van der Waals surface area contributed by atoms with E-state index in [2.05, 4.69) is 10.6 Å². The zero-order valence-corrected chi connectivity index (χ0v) is 12.9. The van der Waals surface area contributed by atoms with Crippen molar-refractivity contribution in [2.24, 2.45) is 5.41 Å². The second-order valence-electron chi connectivity index (χ2n) is 5.82. The molecule has 0 aliphatic heterocycles. The van der Waals surface area contributed by atoms with Crippen LogP contribution >= 0.6 is 0 Å². The van der Waals surface area contributed by atoms with Crippen molar-refractivity contribution in [1.29, 1.82) is 0 Å². The Hall–Kier alpha value is -1.14. The molecule has 6 nitrogen and oxygen atoms in total. The first-order chi connectivity index (χ1) is 9.24. The van der Waals surface area contributed by atoms with Gasteiger partial charge in [-0.2, -0.15) is 0 Å². The molecule has 6 heteroatoms. The van der Waals surface area contributed by atoms with Crippen LogP contribution in [-0.4, -0.2) is 47.3 Å². The molecule has 0 aromatic heterocycles. The van der Waals surface area contributed by atoms with E-state index in [1.54, 1.807) is 13.8 Å². The lowest BCUT2D eigenvalue weighted by Crippen LogP contribution is -2.45. The highest BCUT2D eigenvalue weighted by Crippen LogP contribution is 2.19. The monoisotopic (exact) mass is 288 g/mol. The van der Waals surface area contributed by atoms with Crippen LogP contribution < -0.4 is 10.6 Å². The molecule has 0 rings (SSSR count). The Balaban J connectivity index is 3.91.